The van der Waals surface area contributed by atoms with Crippen molar-refractivity contribution < 1.29 is 9.31 Å². The molecule has 1 aliphatic carbocycles. The zero-order valence-corrected chi connectivity index (χ0v) is 17.0. The SMILES string of the molecule is CC1(C)OB([C@H]2C=C[C@H]([Si](C)(C)c3ccccc3)CC2)OC1(C)C. The lowest BCUT2D eigenvalue weighted by Crippen LogP contribution is -2.46. The summed E-state index contributed by atoms with van der Waals surface area (Å²) in [6.45, 7) is 13.5. The van der Waals surface area contributed by atoms with E-state index in [0.29, 0.717) is 11.4 Å². The number of hydrogen-bond donors (Lipinski definition) is 0. The normalized spacial score (nSPS) is 29.0. The van der Waals surface area contributed by atoms with Gasteiger partial charge in [-0.05, 0) is 46.1 Å². The Kier molecular flexibility index (Phi) is 4.61. The average molecular weight is 342 g/mol. The van der Waals surface area contributed by atoms with Gasteiger partial charge in [-0.2, -0.15) is 0 Å². The smallest absolute Gasteiger partial charge is 0.403 e. The number of rotatable bonds is 3. The molecule has 0 bridgehead atoms. The van der Waals surface area contributed by atoms with E-state index in [0.717, 1.165) is 6.42 Å². The Hall–Kier alpha value is -0.838. The molecule has 1 heterocycles. The molecule has 1 aromatic rings. The molecule has 1 aliphatic heterocycles. The van der Waals surface area contributed by atoms with Crippen LogP contribution < -0.4 is 5.19 Å². The number of benzene rings is 1. The molecule has 130 valence electrons. The van der Waals surface area contributed by atoms with Gasteiger partial charge in [0, 0.05) is 5.82 Å². The van der Waals surface area contributed by atoms with E-state index < -0.39 is 8.07 Å². The van der Waals surface area contributed by atoms with Crippen LogP contribution in [0.4, 0.5) is 0 Å². The van der Waals surface area contributed by atoms with Gasteiger partial charge in [-0.1, -0.05) is 60.8 Å². The highest BCUT2D eigenvalue weighted by molar-refractivity contribution is 6.91. The van der Waals surface area contributed by atoms with E-state index in [4.69, 9.17) is 9.31 Å². The minimum absolute atomic E-state index is 0.103. The van der Waals surface area contributed by atoms with Crippen molar-refractivity contribution in [2.75, 3.05) is 0 Å². The molecule has 0 unspecified atom stereocenters. The second kappa shape index (κ2) is 6.15. The molecule has 0 saturated carbocycles. The highest BCUT2D eigenvalue weighted by Crippen LogP contribution is 2.44. The van der Waals surface area contributed by atoms with Crippen molar-refractivity contribution in [3.05, 3.63) is 42.5 Å². The van der Waals surface area contributed by atoms with Crippen molar-refractivity contribution >= 4 is 20.4 Å². The summed E-state index contributed by atoms with van der Waals surface area (Å²) in [5.41, 5.74) is 0.222. The maximum atomic E-state index is 6.25. The van der Waals surface area contributed by atoms with E-state index >= 15 is 0 Å². The second-order valence-electron chi connectivity index (χ2n) is 8.95. The molecule has 2 atom stereocenters. The van der Waals surface area contributed by atoms with Gasteiger partial charge in [0.1, 0.15) is 0 Å². The summed E-state index contributed by atoms with van der Waals surface area (Å²) in [6.07, 6.45) is 7.22. The van der Waals surface area contributed by atoms with Gasteiger partial charge >= 0.3 is 7.12 Å². The molecule has 1 saturated heterocycles. The molecule has 0 amide bonds. The molecule has 0 radical (unpaired) electrons. The molecule has 2 nitrogen and oxygen atoms in total. The van der Waals surface area contributed by atoms with E-state index in [-0.39, 0.29) is 18.3 Å². The van der Waals surface area contributed by atoms with Gasteiger partial charge < -0.3 is 9.31 Å². The Labute approximate surface area is 148 Å². The maximum Gasteiger partial charge on any atom is 0.465 e. The molecule has 1 aromatic carbocycles. The first kappa shape index (κ1) is 18.0. The predicted molar refractivity (Wildman–Crippen MR) is 106 cm³/mol. The standard InChI is InChI=1S/C20H31BO2Si/c1-19(2)20(3,4)23-21(22-19)16-12-14-18(15-13-16)24(5,6)17-10-8-7-9-11-17/h7-12,14,16,18H,13,15H2,1-6H3/t16-,18-/m0/s1. The molecule has 4 heteroatoms. The van der Waals surface area contributed by atoms with Crippen LogP contribution in [-0.2, 0) is 9.31 Å². The number of hydrogen-bond acceptors (Lipinski definition) is 2. The molecule has 3 rings (SSSR count). The Morgan fingerprint density at radius 3 is 2.00 bits per heavy atom. The molecule has 0 aromatic heterocycles. The van der Waals surface area contributed by atoms with Gasteiger partial charge in [0.05, 0.1) is 19.3 Å². The van der Waals surface area contributed by atoms with Crippen LogP contribution in [0.1, 0.15) is 40.5 Å². The Morgan fingerprint density at radius 1 is 0.917 bits per heavy atom. The first-order valence-electron chi connectivity index (χ1n) is 9.23. The molecular formula is C20H31BO2Si. The van der Waals surface area contributed by atoms with Crippen LogP contribution in [0.2, 0.25) is 24.5 Å². The zero-order valence-electron chi connectivity index (χ0n) is 16.0. The fourth-order valence-corrected chi connectivity index (χ4v) is 6.78. The van der Waals surface area contributed by atoms with Gasteiger partial charge in [-0.3, -0.25) is 0 Å². The topological polar surface area (TPSA) is 18.5 Å². The van der Waals surface area contributed by atoms with Crippen molar-refractivity contribution in [1.29, 1.82) is 0 Å². The lowest BCUT2D eigenvalue weighted by molar-refractivity contribution is 0.00578. The second-order valence-corrected chi connectivity index (χ2v) is 13.7. The first-order valence-corrected chi connectivity index (χ1v) is 12.3. The van der Waals surface area contributed by atoms with Gasteiger partial charge in [0.25, 0.3) is 0 Å². The summed E-state index contributed by atoms with van der Waals surface area (Å²) < 4.78 is 12.5. The van der Waals surface area contributed by atoms with E-state index in [2.05, 4.69) is 83.3 Å². The lowest BCUT2D eigenvalue weighted by Gasteiger charge is -2.35. The molecule has 2 aliphatic rings. The molecular weight excluding hydrogens is 311 g/mol. The van der Waals surface area contributed by atoms with E-state index in [1.807, 2.05) is 0 Å². The van der Waals surface area contributed by atoms with Crippen molar-refractivity contribution in [1.82, 2.24) is 0 Å². The van der Waals surface area contributed by atoms with Gasteiger partial charge in [-0.25, -0.2) is 0 Å². The van der Waals surface area contributed by atoms with Crippen molar-refractivity contribution in [2.24, 2.45) is 0 Å². The molecule has 0 spiro atoms. The maximum absolute atomic E-state index is 6.25. The van der Waals surface area contributed by atoms with Gasteiger partial charge in [-0.15, -0.1) is 0 Å². The first-order chi connectivity index (χ1) is 11.1. The van der Waals surface area contributed by atoms with E-state index in [9.17, 15) is 0 Å². The number of allylic oxidation sites excluding steroid dienone is 2. The van der Waals surface area contributed by atoms with Crippen molar-refractivity contribution in [2.45, 2.75) is 76.2 Å². The fraction of sp³-hybridized carbons (Fsp3) is 0.600. The van der Waals surface area contributed by atoms with Gasteiger partial charge in [0.15, 0.2) is 0 Å². The average Bonchev–Trinajstić information content (AvgIpc) is 2.76. The van der Waals surface area contributed by atoms with Crippen LogP contribution in [0.3, 0.4) is 0 Å². The van der Waals surface area contributed by atoms with E-state index in [1.54, 1.807) is 5.19 Å². The minimum atomic E-state index is -1.47. The third-order valence-corrected chi connectivity index (χ3v) is 10.6. The highest BCUT2D eigenvalue weighted by atomic mass is 28.3. The predicted octanol–water partition coefficient (Wildman–Crippen LogP) is 4.78. The Morgan fingerprint density at radius 2 is 1.50 bits per heavy atom. The van der Waals surface area contributed by atoms with Crippen LogP contribution in [0, 0.1) is 0 Å². The molecule has 24 heavy (non-hydrogen) atoms. The third-order valence-electron chi connectivity index (χ3n) is 6.47. The minimum Gasteiger partial charge on any atom is -0.403 e. The Balaban J connectivity index is 1.71. The summed E-state index contributed by atoms with van der Waals surface area (Å²) in [5, 5.41) is 1.55. The Bertz CT molecular complexity index is 593. The monoisotopic (exact) mass is 342 g/mol. The van der Waals surface area contributed by atoms with Crippen molar-refractivity contribution in [3.63, 3.8) is 0 Å². The molecule has 1 fully saturated rings. The van der Waals surface area contributed by atoms with Crippen LogP contribution in [0.15, 0.2) is 42.5 Å². The summed E-state index contributed by atoms with van der Waals surface area (Å²) >= 11 is 0. The molecule has 0 N–H and O–H groups in total. The largest absolute Gasteiger partial charge is 0.465 e. The summed E-state index contributed by atoms with van der Waals surface area (Å²) in [4.78, 5) is 0. The summed E-state index contributed by atoms with van der Waals surface area (Å²) in [7, 11) is -1.58. The highest BCUT2D eigenvalue weighted by Gasteiger charge is 2.53. The summed E-state index contributed by atoms with van der Waals surface area (Å²) in [5.74, 6) is 0.378. The lowest BCUT2D eigenvalue weighted by atomic mass is 9.67. The van der Waals surface area contributed by atoms with Crippen LogP contribution in [0.25, 0.3) is 0 Å². The summed E-state index contributed by atoms with van der Waals surface area (Å²) in [6, 6.07) is 11.1. The third kappa shape index (κ3) is 3.16. The van der Waals surface area contributed by atoms with Crippen LogP contribution >= 0.6 is 0 Å². The van der Waals surface area contributed by atoms with Crippen LogP contribution in [-0.4, -0.2) is 26.4 Å². The fourth-order valence-electron chi connectivity index (χ4n) is 3.81. The zero-order chi connectivity index (χ0) is 17.6. The van der Waals surface area contributed by atoms with E-state index in [1.165, 1.54) is 6.42 Å². The van der Waals surface area contributed by atoms with Crippen LogP contribution in [0.5, 0.6) is 0 Å². The van der Waals surface area contributed by atoms with Gasteiger partial charge in [0.2, 0.25) is 0 Å². The van der Waals surface area contributed by atoms with Crippen molar-refractivity contribution in [3.8, 4) is 0 Å². The quantitative estimate of drug-likeness (QED) is 0.581.